The first-order valence-electron chi connectivity index (χ1n) is 24.1. The standard InChI is InChI=1S/C28H20.C14H10.C14H9.C14H8.6Rf/c1-5-13-23-19(9-1)17-20-10-2-6-14-24(20)27(23)28-25-15-7-3-11-21(25)18-22-12-4-8-16-26(22)28;3*1-2-6-12-10-14-8-4-3-7-13(14)9-11(12)5-1;;;;;;/h1-18,27-28H;1-10H;1-9H;1-8H;;;;;;/q-2;;-1;-2;;;;;;. The molecule has 0 atom stereocenters. The van der Waals surface area contributed by atoms with Crippen molar-refractivity contribution in [3.8, 4) is 0 Å². The molecule has 0 spiro atoms. The van der Waals surface area contributed by atoms with Crippen LogP contribution in [0.2, 0.25) is 0 Å². The van der Waals surface area contributed by atoms with Crippen molar-refractivity contribution in [2.75, 3.05) is 0 Å². The quantitative estimate of drug-likeness (QED) is 0.114. The largest absolute Gasteiger partial charge is 0.199 e. The van der Waals surface area contributed by atoms with Gasteiger partial charge in [-0.2, -0.15) is 57.9 Å². The van der Waals surface area contributed by atoms with Gasteiger partial charge < -0.3 is 0 Å². The van der Waals surface area contributed by atoms with Crippen molar-refractivity contribution in [3.05, 3.63) is 336 Å². The minimum absolute atomic E-state index is 0. The molecule has 0 aliphatic heterocycles. The van der Waals surface area contributed by atoms with E-state index in [9.17, 15) is 0 Å². The topological polar surface area (TPSA) is 0 Å². The zero-order valence-electron chi connectivity index (χ0n) is 42.9. The molecule has 15 rings (SSSR count). The summed E-state index contributed by atoms with van der Waals surface area (Å²) in [6, 6.07) is 102. The maximum Gasteiger partial charge on any atom is 0 e. The first kappa shape index (κ1) is 50.6. The summed E-state index contributed by atoms with van der Waals surface area (Å²) in [5, 5.41) is 14.7. The van der Waals surface area contributed by atoms with Crippen LogP contribution in [0.1, 0.15) is 56.3 Å². The average Bonchev–Trinajstić information content (AvgIpc) is 3.42. The SMILES string of the molecule is [Rf].[Rf].[Rf].[Rf].[Rf].[Rf].[c-]1c2ccccc2[c-]c2ccccc12.[c-]1c2ccccc2cc2ccccc12.c1ccc2c(c1)[CH-]c1ccccc1C2C1c2ccccc2[CH-]c2ccccc21.c1ccc2cc3ccccc3cc2c1. The molecule has 2 aliphatic carbocycles. The van der Waals surface area contributed by atoms with E-state index in [2.05, 4.69) is 255 Å². The van der Waals surface area contributed by atoms with E-state index in [0.717, 1.165) is 21.5 Å². The van der Waals surface area contributed by atoms with E-state index in [1.807, 2.05) is 36.4 Å². The van der Waals surface area contributed by atoms with Gasteiger partial charge in [0.25, 0.3) is 0 Å². The molecule has 0 nitrogen and oxygen atoms in total. The van der Waals surface area contributed by atoms with Crippen LogP contribution in [0.5, 0.6) is 0 Å². The van der Waals surface area contributed by atoms with E-state index in [1.165, 1.54) is 87.6 Å². The molecule has 0 saturated heterocycles. The molecule has 0 amide bonds. The molecular formula is C70H47Rf6-5. The molecule has 0 aromatic heterocycles. The fraction of sp³-hybridized carbons (Fsp3) is 0.0286. The van der Waals surface area contributed by atoms with Gasteiger partial charge in [-0.25, -0.2) is 0 Å². The number of hydrogen-bond acceptors (Lipinski definition) is 0. The minimum atomic E-state index is 0. The summed E-state index contributed by atoms with van der Waals surface area (Å²) in [6.45, 7) is 0. The van der Waals surface area contributed by atoms with Gasteiger partial charge in [-0.3, -0.25) is 0 Å². The molecule has 0 radical (unpaired) electrons. The van der Waals surface area contributed by atoms with Gasteiger partial charge in [0, 0.05) is 0 Å². The van der Waals surface area contributed by atoms with Crippen LogP contribution in [0.15, 0.2) is 261 Å². The van der Waals surface area contributed by atoms with E-state index in [-0.39, 0.29) is 0 Å². The molecular weight excluding hydrogens is 2440 g/mol. The first-order chi connectivity index (χ1) is 34.7. The van der Waals surface area contributed by atoms with Crippen molar-refractivity contribution in [1.29, 1.82) is 0 Å². The van der Waals surface area contributed by atoms with E-state index in [0.29, 0.717) is 11.8 Å². The van der Waals surface area contributed by atoms with Crippen molar-refractivity contribution in [1.82, 2.24) is 0 Å². The molecule has 344 valence electrons. The normalized spacial score (nSPS) is 11.4. The maximum absolute atomic E-state index is 3.41. The third kappa shape index (κ3) is 9.24. The monoisotopic (exact) mass is 2490 g/mol. The number of hydrogen-bond donors (Lipinski definition) is 0. The Morgan fingerprint density at radius 2 is 0.408 bits per heavy atom. The predicted molar refractivity (Wildman–Crippen MR) is 295 cm³/mol. The van der Waals surface area contributed by atoms with Crippen LogP contribution in [-0.2, 0) is 0 Å². The fourth-order valence-corrected chi connectivity index (χ4v) is 10.5. The van der Waals surface area contributed by atoms with E-state index < -0.39 is 0 Å². The molecule has 13 aromatic carbocycles. The minimum Gasteiger partial charge on any atom is -0.199 e. The Morgan fingerprint density at radius 3 is 0.697 bits per heavy atom. The molecule has 0 saturated carbocycles. The molecule has 0 heterocycles. The third-order valence-electron chi connectivity index (χ3n) is 13.8. The van der Waals surface area contributed by atoms with Crippen molar-refractivity contribution in [2.45, 2.75) is 11.8 Å². The summed E-state index contributed by atoms with van der Waals surface area (Å²) in [7, 11) is 0. The van der Waals surface area contributed by atoms with Crippen molar-refractivity contribution >= 4 is 64.6 Å². The number of benzene rings is 13. The van der Waals surface area contributed by atoms with E-state index in [1.54, 1.807) is 0 Å². The Hall–Kier alpha value is -14.8. The second-order valence-corrected chi connectivity index (χ2v) is 18.1. The summed E-state index contributed by atoms with van der Waals surface area (Å²) in [6.07, 6.45) is 4.68. The molecule has 76 heavy (non-hydrogen) atoms. The van der Waals surface area contributed by atoms with Gasteiger partial charge in [0.1, 0.15) is 0 Å². The Bertz CT molecular complexity index is 3250. The molecule has 2 aliphatic rings. The maximum atomic E-state index is 3.41. The zero-order chi connectivity index (χ0) is 46.6. The van der Waals surface area contributed by atoms with Crippen LogP contribution in [-0.4, -0.2) is 0 Å². The molecule has 6 heteroatoms. The van der Waals surface area contributed by atoms with Crippen LogP contribution in [0, 0.1) is 31.0 Å². The van der Waals surface area contributed by atoms with Gasteiger partial charge in [-0.05, 0) is 45.5 Å². The third-order valence-corrected chi connectivity index (χ3v) is 13.8. The molecule has 0 bridgehead atoms. The smallest absolute Gasteiger partial charge is 0 e. The van der Waals surface area contributed by atoms with E-state index >= 15 is 0 Å². The number of fused-ring (bicyclic) bond motifs is 10. The van der Waals surface area contributed by atoms with Gasteiger partial charge >= 0.3 is 0 Å². The zero-order valence-corrected chi connectivity index (χ0v) is 81.3. The summed E-state index contributed by atoms with van der Waals surface area (Å²) in [5.74, 6) is 0.627. The Kier molecular flexibility index (Phi) is 14.2. The van der Waals surface area contributed by atoms with Crippen LogP contribution < -0.4 is 0 Å². The average molecular weight is 2490 g/mol. The van der Waals surface area contributed by atoms with Crippen LogP contribution in [0.3, 0.4) is 0 Å². The second-order valence-electron chi connectivity index (χ2n) is 18.1. The molecule has 13 aromatic rings. The van der Waals surface area contributed by atoms with Crippen LogP contribution in [0.4, 0.5) is 0 Å². The van der Waals surface area contributed by atoms with Crippen LogP contribution in [0.25, 0.3) is 64.6 Å². The second kappa shape index (κ2) is 21.4. The fourth-order valence-electron chi connectivity index (χ4n) is 10.5. The summed E-state index contributed by atoms with van der Waals surface area (Å²) in [4.78, 5) is 0. The summed E-state index contributed by atoms with van der Waals surface area (Å²) < 4.78 is 0. The Balaban J connectivity index is 0.000000169. The van der Waals surface area contributed by atoms with Gasteiger partial charge in [0.15, 0.2) is 0 Å². The first-order valence-corrected chi connectivity index (χ1v) is 24.1. The molecule has 0 N–H and O–H groups in total. The summed E-state index contributed by atoms with van der Waals surface area (Å²) in [5.41, 5.74) is 11.1. The van der Waals surface area contributed by atoms with Gasteiger partial charge in [0.2, 0.25) is 0 Å². The van der Waals surface area contributed by atoms with E-state index in [4.69, 9.17) is 0 Å². The van der Waals surface area contributed by atoms with Crippen molar-refractivity contribution < 1.29 is 0 Å². The number of rotatable bonds is 1. The van der Waals surface area contributed by atoms with Gasteiger partial charge in [0.05, 0.1) is 0 Å². The molecule has 0 fully saturated rings. The summed E-state index contributed by atoms with van der Waals surface area (Å²) >= 11 is 0. The van der Waals surface area contributed by atoms with Crippen LogP contribution >= 0.6 is 0 Å². The Labute approximate surface area is 410 Å². The van der Waals surface area contributed by atoms with Crippen molar-refractivity contribution in [3.63, 3.8) is 0 Å². The molecule has 0 unspecified atom stereocenters. The predicted octanol–water partition coefficient (Wildman–Crippen LogP) is 17.9. The van der Waals surface area contributed by atoms with Crippen molar-refractivity contribution in [2.24, 2.45) is 0 Å². The van der Waals surface area contributed by atoms with Gasteiger partial charge in [-0.1, -0.05) is 168 Å². The van der Waals surface area contributed by atoms with Gasteiger partial charge in [-0.15, -0.1) is 141 Å². The Morgan fingerprint density at radius 1 is 0.211 bits per heavy atom.